The van der Waals surface area contributed by atoms with Crippen molar-refractivity contribution in [2.75, 3.05) is 7.11 Å². The molecule has 2 aromatic carbocycles. The van der Waals surface area contributed by atoms with Gasteiger partial charge in [0.2, 0.25) is 0 Å². The lowest BCUT2D eigenvalue weighted by molar-refractivity contribution is 0.289. The molecule has 0 radical (unpaired) electrons. The Morgan fingerprint density at radius 3 is 2.32 bits per heavy atom. The molecule has 0 unspecified atom stereocenters. The monoisotopic (exact) mass is 328 g/mol. The molecule has 2 rings (SSSR count). The van der Waals surface area contributed by atoms with Crippen molar-refractivity contribution in [2.24, 2.45) is 0 Å². The van der Waals surface area contributed by atoms with Crippen LogP contribution in [0.15, 0.2) is 40.9 Å². The predicted octanol–water partition coefficient (Wildman–Crippen LogP) is 4.31. The fourth-order valence-corrected chi connectivity index (χ4v) is 1.89. The molecule has 0 N–H and O–H groups in total. The molecule has 0 heterocycles. The van der Waals surface area contributed by atoms with Crippen molar-refractivity contribution in [2.45, 2.75) is 6.61 Å². The molecule has 0 aliphatic heterocycles. The molecular weight excluding hydrogens is 318 g/mol. The molecule has 2 nitrogen and oxygen atoms in total. The van der Waals surface area contributed by atoms with Gasteiger partial charge in [0.1, 0.15) is 6.61 Å². The molecule has 0 aliphatic carbocycles. The summed E-state index contributed by atoms with van der Waals surface area (Å²) >= 11 is 3.16. The Labute approximate surface area is 118 Å². The summed E-state index contributed by atoms with van der Waals surface area (Å²) in [5, 5.41) is 0. The van der Waals surface area contributed by atoms with Crippen LogP contribution in [0, 0.1) is 11.6 Å². The summed E-state index contributed by atoms with van der Waals surface area (Å²) in [6.45, 7) is 0.0828. The summed E-state index contributed by atoms with van der Waals surface area (Å²) in [5.74, 6) is -0.652. The van der Waals surface area contributed by atoms with Crippen molar-refractivity contribution in [1.29, 1.82) is 0 Å². The van der Waals surface area contributed by atoms with Gasteiger partial charge in [0.05, 0.1) is 7.11 Å². The Hall–Kier alpha value is -1.62. The number of rotatable bonds is 4. The average Bonchev–Trinajstić information content (AvgIpc) is 2.38. The number of benzene rings is 2. The molecule has 0 atom stereocenters. The van der Waals surface area contributed by atoms with Gasteiger partial charge in [0.25, 0.3) is 0 Å². The third kappa shape index (κ3) is 3.44. The molecule has 0 spiro atoms. The molecule has 0 amide bonds. The highest BCUT2D eigenvalue weighted by Gasteiger charge is 2.06. The maximum atomic E-state index is 13.5. The van der Waals surface area contributed by atoms with Crippen LogP contribution in [0.25, 0.3) is 0 Å². The first kappa shape index (κ1) is 13.8. The van der Waals surface area contributed by atoms with Crippen LogP contribution in [0.5, 0.6) is 11.5 Å². The Balaban J connectivity index is 2.08. The highest BCUT2D eigenvalue weighted by molar-refractivity contribution is 9.10. The lowest BCUT2D eigenvalue weighted by atomic mass is 10.2. The number of halogens is 3. The van der Waals surface area contributed by atoms with E-state index in [2.05, 4.69) is 15.9 Å². The number of hydrogen-bond donors (Lipinski definition) is 0. The summed E-state index contributed by atoms with van der Waals surface area (Å²) in [4.78, 5) is 0. The van der Waals surface area contributed by atoms with E-state index in [-0.39, 0.29) is 18.1 Å². The van der Waals surface area contributed by atoms with E-state index < -0.39 is 11.6 Å². The molecule has 19 heavy (non-hydrogen) atoms. The van der Waals surface area contributed by atoms with Gasteiger partial charge in [0, 0.05) is 4.47 Å². The topological polar surface area (TPSA) is 18.5 Å². The molecule has 2 aromatic rings. The van der Waals surface area contributed by atoms with E-state index in [9.17, 15) is 8.78 Å². The number of hydrogen-bond acceptors (Lipinski definition) is 2. The Kier molecular flexibility index (Phi) is 4.37. The first-order valence-electron chi connectivity index (χ1n) is 5.50. The van der Waals surface area contributed by atoms with E-state index in [0.29, 0.717) is 10.0 Å². The van der Waals surface area contributed by atoms with Crippen LogP contribution in [-0.4, -0.2) is 7.11 Å². The number of methoxy groups -OCH3 is 1. The van der Waals surface area contributed by atoms with Crippen LogP contribution in [0.2, 0.25) is 0 Å². The fourth-order valence-electron chi connectivity index (χ4n) is 1.55. The molecule has 0 aromatic heterocycles. The summed E-state index contributed by atoms with van der Waals surface area (Å²) in [6.07, 6.45) is 0. The van der Waals surface area contributed by atoms with Gasteiger partial charge in [-0.2, -0.15) is 0 Å². The second-order valence-electron chi connectivity index (χ2n) is 3.83. The number of ether oxygens (including phenoxy) is 2. The minimum Gasteiger partial charge on any atom is -0.494 e. The first-order chi connectivity index (χ1) is 9.10. The SMILES string of the molecule is COc1ccc(COc2ccc(Br)cc2F)cc1F. The summed E-state index contributed by atoms with van der Waals surface area (Å²) in [6, 6.07) is 8.97. The largest absolute Gasteiger partial charge is 0.494 e. The highest BCUT2D eigenvalue weighted by atomic mass is 79.9. The van der Waals surface area contributed by atoms with Gasteiger partial charge in [0.15, 0.2) is 23.1 Å². The van der Waals surface area contributed by atoms with Crippen LogP contribution >= 0.6 is 15.9 Å². The lowest BCUT2D eigenvalue weighted by Crippen LogP contribution is -1.99. The third-order valence-corrected chi connectivity index (χ3v) is 3.00. The maximum absolute atomic E-state index is 13.5. The van der Waals surface area contributed by atoms with Crippen molar-refractivity contribution in [3.63, 3.8) is 0 Å². The van der Waals surface area contributed by atoms with Gasteiger partial charge in [-0.15, -0.1) is 0 Å². The molecule has 100 valence electrons. The molecule has 5 heteroatoms. The van der Waals surface area contributed by atoms with Crippen molar-refractivity contribution in [3.05, 3.63) is 58.1 Å². The molecule has 0 saturated heterocycles. The summed E-state index contributed by atoms with van der Waals surface area (Å²) in [7, 11) is 1.39. The summed E-state index contributed by atoms with van der Waals surface area (Å²) in [5.41, 5.74) is 0.598. The lowest BCUT2D eigenvalue weighted by Gasteiger charge is -2.09. The normalized spacial score (nSPS) is 10.3. The molecular formula is C14H11BrF2O2. The van der Waals surface area contributed by atoms with Crippen molar-refractivity contribution in [3.8, 4) is 11.5 Å². The zero-order valence-corrected chi connectivity index (χ0v) is 11.7. The van der Waals surface area contributed by atoms with Gasteiger partial charge >= 0.3 is 0 Å². The van der Waals surface area contributed by atoms with E-state index >= 15 is 0 Å². The predicted molar refractivity (Wildman–Crippen MR) is 71.4 cm³/mol. The minimum absolute atomic E-state index is 0.0828. The van der Waals surface area contributed by atoms with Crippen LogP contribution < -0.4 is 9.47 Å². The van der Waals surface area contributed by atoms with Gasteiger partial charge < -0.3 is 9.47 Å². The van der Waals surface area contributed by atoms with Crippen molar-refractivity contribution in [1.82, 2.24) is 0 Å². The van der Waals surface area contributed by atoms with E-state index in [1.165, 1.54) is 31.4 Å². The Morgan fingerprint density at radius 2 is 1.68 bits per heavy atom. The smallest absolute Gasteiger partial charge is 0.166 e. The Morgan fingerprint density at radius 1 is 1.00 bits per heavy atom. The van der Waals surface area contributed by atoms with E-state index in [0.717, 1.165) is 0 Å². The fraction of sp³-hybridized carbons (Fsp3) is 0.143. The zero-order chi connectivity index (χ0) is 13.8. The van der Waals surface area contributed by atoms with Crippen molar-refractivity contribution >= 4 is 15.9 Å². The zero-order valence-electron chi connectivity index (χ0n) is 10.1. The Bertz CT molecular complexity index is 588. The molecule has 0 bridgehead atoms. The highest BCUT2D eigenvalue weighted by Crippen LogP contribution is 2.23. The van der Waals surface area contributed by atoms with Crippen molar-refractivity contribution < 1.29 is 18.3 Å². The molecule has 0 fully saturated rings. The average molecular weight is 329 g/mol. The van der Waals surface area contributed by atoms with Gasteiger partial charge in [-0.1, -0.05) is 22.0 Å². The van der Waals surface area contributed by atoms with Gasteiger partial charge in [-0.25, -0.2) is 8.78 Å². The molecule has 0 aliphatic rings. The van der Waals surface area contributed by atoms with E-state index in [1.807, 2.05) is 0 Å². The first-order valence-corrected chi connectivity index (χ1v) is 6.29. The van der Waals surface area contributed by atoms with Gasteiger partial charge in [-0.3, -0.25) is 0 Å². The summed E-state index contributed by atoms with van der Waals surface area (Å²) < 4.78 is 37.7. The van der Waals surface area contributed by atoms with Crippen LogP contribution in [0.1, 0.15) is 5.56 Å². The van der Waals surface area contributed by atoms with E-state index in [1.54, 1.807) is 12.1 Å². The quantitative estimate of drug-likeness (QED) is 0.832. The van der Waals surface area contributed by atoms with Gasteiger partial charge in [-0.05, 0) is 35.9 Å². The molecule has 0 saturated carbocycles. The minimum atomic E-state index is -0.472. The third-order valence-electron chi connectivity index (χ3n) is 2.50. The second kappa shape index (κ2) is 6.02. The van der Waals surface area contributed by atoms with E-state index in [4.69, 9.17) is 9.47 Å². The van der Waals surface area contributed by atoms with Crippen LogP contribution in [0.4, 0.5) is 8.78 Å². The van der Waals surface area contributed by atoms with Crippen LogP contribution in [0.3, 0.4) is 0 Å². The second-order valence-corrected chi connectivity index (χ2v) is 4.75. The maximum Gasteiger partial charge on any atom is 0.166 e. The van der Waals surface area contributed by atoms with Crippen LogP contribution in [-0.2, 0) is 6.61 Å². The standard InChI is InChI=1S/C14H11BrF2O2/c1-18-13-4-2-9(6-11(13)16)8-19-14-5-3-10(15)7-12(14)17/h2-7H,8H2,1H3.